The zero-order chi connectivity index (χ0) is 11.6. The molecule has 4 saturated carbocycles. The molecule has 1 atom stereocenters. The van der Waals surface area contributed by atoms with E-state index in [0.717, 1.165) is 37.0 Å². The van der Waals surface area contributed by atoms with Crippen molar-refractivity contribution in [1.82, 2.24) is 0 Å². The fourth-order valence-electron chi connectivity index (χ4n) is 5.25. The maximum Gasteiger partial charge on any atom is 0.291 e. The Bertz CT molecular complexity index is 380. The van der Waals surface area contributed by atoms with Gasteiger partial charge in [-0.2, -0.15) is 4.99 Å². The van der Waals surface area contributed by atoms with Crippen LogP contribution in [-0.4, -0.2) is 18.0 Å². The first kappa shape index (κ1) is 9.92. The molecule has 5 rings (SSSR count). The average Bonchev–Trinajstić information content (AvgIpc) is 2.56. The molecular formula is C13H18N2O2. The molecule has 0 saturated heterocycles. The Morgan fingerprint density at radius 1 is 1.12 bits per heavy atom. The standard InChI is InChI=1S/C13H18N2O2/c14-12-15-11(16)10(17-12)13-4-7-1-8(5-13)3-9(2-7)6-13/h7-10H,1-6H2,(H2,14,15,16). The molecule has 4 bridgehead atoms. The number of ether oxygens (including phenoxy) is 1. The predicted molar refractivity (Wildman–Crippen MR) is 62.1 cm³/mol. The fraction of sp³-hybridized carbons (Fsp3) is 0.846. The number of amides is 1. The van der Waals surface area contributed by atoms with E-state index in [9.17, 15) is 4.79 Å². The van der Waals surface area contributed by atoms with Gasteiger partial charge in [-0.25, -0.2) is 0 Å². The van der Waals surface area contributed by atoms with E-state index >= 15 is 0 Å². The molecule has 0 spiro atoms. The molecule has 1 unspecified atom stereocenters. The number of nitrogens with zero attached hydrogens (tertiary/aromatic N) is 1. The Kier molecular flexibility index (Phi) is 1.77. The van der Waals surface area contributed by atoms with E-state index in [1.54, 1.807) is 0 Å². The maximum atomic E-state index is 11.9. The number of hydrogen-bond donors (Lipinski definition) is 1. The van der Waals surface area contributed by atoms with Crippen LogP contribution in [0.25, 0.3) is 0 Å². The second kappa shape index (κ2) is 3.03. The van der Waals surface area contributed by atoms with E-state index in [4.69, 9.17) is 10.5 Å². The summed E-state index contributed by atoms with van der Waals surface area (Å²) in [4.78, 5) is 15.7. The first-order valence-corrected chi connectivity index (χ1v) is 6.69. The number of amidine groups is 1. The van der Waals surface area contributed by atoms with Gasteiger partial charge in [-0.05, 0) is 56.3 Å². The summed E-state index contributed by atoms with van der Waals surface area (Å²) in [5, 5.41) is 0. The van der Waals surface area contributed by atoms with Crippen LogP contribution in [0.4, 0.5) is 0 Å². The molecule has 4 nitrogen and oxygen atoms in total. The lowest BCUT2D eigenvalue weighted by Crippen LogP contribution is -2.53. The molecule has 92 valence electrons. The fourth-order valence-corrected chi connectivity index (χ4v) is 5.25. The van der Waals surface area contributed by atoms with Crippen LogP contribution in [0.1, 0.15) is 38.5 Å². The first-order valence-electron chi connectivity index (χ1n) is 6.69. The van der Waals surface area contributed by atoms with Crippen molar-refractivity contribution in [3.8, 4) is 0 Å². The molecule has 1 amide bonds. The molecule has 4 fully saturated rings. The Balaban J connectivity index is 1.67. The van der Waals surface area contributed by atoms with Crippen molar-refractivity contribution in [3.63, 3.8) is 0 Å². The van der Waals surface area contributed by atoms with E-state index in [0.29, 0.717) is 0 Å². The second-order valence-corrected chi connectivity index (χ2v) is 6.57. The van der Waals surface area contributed by atoms with Gasteiger partial charge in [0, 0.05) is 5.41 Å². The summed E-state index contributed by atoms with van der Waals surface area (Å²) >= 11 is 0. The van der Waals surface area contributed by atoms with Crippen LogP contribution in [0.15, 0.2) is 4.99 Å². The topological polar surface area (TPSA) is 64.7 Å². The Morgan fingerprint density at radius 3 is 2.06 bits per heavy atom. The average molecular weight is 234 g/mol. The Labute approximate surface area is 101 Å². The predicted octanol–water partition coefficient (Wildman–Crippen LogP) is 1.44. The van der Waals surface area contributed by atoms with Crippen LogP contribution in [0.3, 0.4) is 0 Å². The number of nitrogens with two attached hydrogens (primary N) is 1. The molecule has 1 aliphatic heterocycles. The van der Waals surface area contributed by atoms with E-state index in [1.165, 1.54) is 19.3 Å². The van der Waals surface area contributed by atoms with Crippen molar-refractivity contribution in [3.05, 3.63) is 0 Å². The van der Waals surface area contributed by atoms with Crippen molar-refractivity contribution in [2.75, 3.05) is 0 Å². The van der Waals surface area contributed by atoms with Gasteiger partial charge in [-0.1, -0.05) is 0 Å². The van der Waals surface area contributed by atoms with Gasteiger partial charge in [-0.15, -0.1) is 0 Å². The summed E-state index contributed by atoms with van der Waals surface area (Å²) in [5.41, 5.74) is 5.61. The molecule has 0 aromatic rings. The minimum atomic E-state index is -0.365. The van der Waals surface area contributed by atoms with E-state index in [-0.39, 0.29) is 23.4 Å². The molecule has 0 aromatic carbocycles. The number of rotatable bonds is 1. The minimum Gasteiger partial charge on any atom is -0.451 e. The first-order chi connectivity index (χ1) is 8.14. The molecule has 5 aliphatic rings. The quantitative estimate of drug-likeness (QED) is 0.746. The van der Waals surface area contributed by atoms with Crippen molar-refractivity contribution >= 4 is 11.9 Å². The van der Waals surface area contributed by atoms with Crippen LogP contribution in [-0.2, 0) is 9.53 Å². The summed E-state index contributed by atoms with van der Waals surface area (Å²) in [7, 11) is 0. The molecular weight excluding hydrogens is 216 g/mol. The van der Waals surface area contributed by atoms with Gasteiger partial charge >= 0.3 is 0 Å². The van der Waals surface area contributed by atoms with Crippen LogP contribution in [0.5, 0.6) is 0 Å². The molecule has 17 heavy (non-hydrogen) atoms. The monoisotopic (exact) mass is 234 g/mol. The van der Waals surface area contributed by atoms with Gasteiger partial charge in [-0.3, -0.25) is 4.79 Å². The highest BCUT2D eigenvalue weighted by atomic mass is 16.5. The highest BCUT2D eigenvalue weighted by Gasteiger charge is 2.58. The van der Waals surface area contributed by atoms with Gasteiger partial charge in [0.2, 0.25) is 0 Å². The van der Waals surface area contributed by atoms with Gasteiger partial charge in [0.25, 0.3) is 11.9 Å². The lowest BCUT2D eigenvalue weighted by atomic mass is 9.48. The van der Waals surface area contributed by atoms with Gasteiger partial charge in [0.1, 0.15) is 0 Å². The zero-order valence-electron chi connectivity index (χ0n) is 9.89. The lowest BCUT2D eigenvalue weighted by Gasteiger charge is -2.57. The molecule has 0 aromatic heterocycles. The van der Waals surface area contributed by atoms with Gasteiger partial charge in [0.05, 0.1) is 0 Å². The number of carbonyl (C=O) groups is 1. The zero-order valence-corrected chi connectivity index (χ0v) is 9.89. The summed E-state index contributed by atoms with van der Waals surface area (Å²) in [6.07, 6.45) is 7.20. The molecule has 4 aliphatic carbocycles. The van der Waals surface area contributed by atoms with Crippen LogP contribution in [0, 0.1) is 23.2 Å². The summed E-state index contributed by atoms with van der Waals surface area (Å²) in [6.45, 7) is 0. The Morgan fingerprint density at radius 2 is 1.65 bits per heavy atom. The normalized spacial score (nSPS) is 51.5. The van der Waals surface area contributed by atoms with Crippen LogP contribution >= 0.6 is 0 Å². The van der Waals surface area contributed by atoms with Crippen molar-refractivity contribution in [1.29, 1.82) is 0 Å². The van der Waals surface area contributed by atoms with Crippen LogP contribution < -0.4 is 5.73 Å². The summed E-state index contributed by atoms with van der Waals surface area (Å²) < 4.78 is 5.54. The SMILES string of the molecule is NC1=NC(=O)C(C23CC4CC(CC(C4)C2)C3)O1. The van der Waals surface area contributed by atoms with Crippen molar-refractivity contribution in [2.24, 2.45) is 33.9 Å². The summed E-state index contributed by atoms with van der Waals surface area (Å²) in [6, 6.07) is 0.0794. The van der Waals surface area contributed by atoms with Crippen LogP contribution in [0.2, 0.25) is 0 Å². The van der Waals surface area contributed by atoms with Gasteiger partial charge < -0.3 is 10.5 Å². The van der Waals surface area contributed by atoms with Gasteiger partial charge in [0.15, 0.2) is 6.10 Å². The highest BCUT2D eigenvalue weighted by molar-refractivity contribution is 5.98. The third kappa shape index (κ3) is 1.30. The van der Waals surface area contributed by atoms with Crippen molar-refractivity contribution < 1.29 is 9.53 Å². The van der Waals surface area contributed by atoms with Crippen molar-refractivity contribution in [2.45, 2.75) is 44.6 Å². The van der Waals surface area contributed by atoms with E-state index in [1.807, 2.05) is 0 Å². The number of hydrogen-bond acceptors (Lipinski definition) is 3. The molecule has 2 N–H and O–H groups in total. The Hall–Kier alpha value is -1.06. The molecule has 1 heterocycles. The molecule has 0 radical (unpaired) electrons. The maximum absolute atomic E-state index is 11.9. The third-order valence-corrected chi connectivity index (χ3v) is 5.33. The smallest absolute Gasteiger partial charge is 0.291 e. The lowest BCUT2D eigenvalue weighted by molar-refractivity contribution is -0.145. The highest BCUT2D eigenvalue weighted by Crippen LogP contribution is 2.62. The molecule has 4 heteroatoms. The minimum absolute atomic E-state index is 0.0659. The second-order valence-electron chi connectivity index (χ2n) is 6.57. The number of aliphatic imine (C=N–C) groups is 1. The largest absolute Gasteiger partial charge is 0.451 e. The van der Waals surface area contributed by atoms with E-state index < -0.39 is 0 Å². The van der Waals surface area contributed by atoms with E-state index in [2.05, 4.69) is 4.99 Å². The summed E-state index contributed by atoms with van der Waals surface area (Å²) in [5.74, 6) is 2.32. The third-order valence-electron chi connectivity index (χ3n) is 5.33. The number of carbonyl (C=O) groups excluding carboxylic acids is 1.